The molecule has 0 radical (unpaired) electrons. The van der Waals surface area contributed by atoms with Gasteiger partial charge in [-0.3, -0.25) is 4.79 Å². The summed E-state index contributed by atoms with van der Waals surface area (Å²) in [6, 6.07) is 9.67. The second kappa shape index (κ2) is 9.43. The summed E-state index contributed by atoms with van der Waals surface area (Å²) < 4.78 is 0. The Kier molecular flexibility index (Phi) is 6.72. The Labute approximate surface area is 171 Å². The first-order chi connectivity index (χ1) is 13.7. The number of nitrogens with zero attached hydrogens (tertiary/aromatic N) is 2. The van der Waals surface area contributed by atoms with Crippen molar-refractivity contribution in [2.24, 2.45) is 5.92 Å². The van der Waals surface area contributed by atoms with Gasteiger partial charge in [0, 0.05) is 25.6 Å². The Morgan fingerprint density at radius 1 is 0.857 bits per heavy atom. The van der Waals surface area contributed by atoms with E-state index in [0.717, 1.165) is 32.4 Å². The minimum Gasteiger partial charge on any atom is -0.343 e. The van der Waals surface area contributed by atoms with E-state index in [4.69, 9.17) is 0 Å². The van der Waals surface area contributed by atoms with Crippen molar-refractivity contribution in [3.8, 4) is 0 Å². The van der Waals surface area contributed by atoms with Crippen LogP contribution in [0.25, 0.3) is 0 Å². The first-order valence-electron chi connectivity index (χ1n) is 11.8. The Bertz CT molecular complexity index is 626. The van der Waals surface area contributed by atoms with Gasteiger partial charge in [0.05, 0.1) is 0 Å². The first kappa shape index (κ1) is 19.9. The standard InChI is InChI=1S/C25H38N2O/c1-20-9-11-21(12-10-20)22-13-17-27(18-14-22)25(28)19-23-7-3-4-8-24(23)26-15-5-2-6-16-26/h9-12,22-24H,2-8,13-19H2,1H3. The topological polar surface area (TPSA) is 23.6 Å². The Morgan fingerprint density at radius 2 is 1.54 bits per heavy atom. The van der Waals surface area contributed by atoms with Crippen LogP contribution in [-0.2, 0) is 4.79 Å². The molecule has 2 atom stereocenters. The van der Waals surface area contributed by atoms with Crippen molar-refractivity contribution in [3.05, 3.63) is 35.4 Å². The second-order valence-electron chi connectivity index (χ2n) is 9.48. The number of carbonyl (C=O) groups is 1. The van der Waals surface area contributed by atoms with Crippen LogP contribution < -0.4 is 0 Å². The van der Waals surface area contributed by atoms with Gasteiger partial charge in [-0.1, -0.05) is 49.1 Å². The van der Waals surface area contributed by atoms with E-state index in [9.17, 15) is 4.79 Å². The lowest BCUT2D eigenvalue weighted by molar-refractivity contribution is -0.134. The van der Waals surface area contributed by atoms with E-state index in [0.29, 0.717) is 23.8 Å². The molecule has 1 aromatic carbocycles. The lowest BCUT2D eigenvalue weighted by Crippen LogP contribution is -2.47. The van der Waals surface area contributed by atoms with E-state index in [2.05, 4.69) is 41.0 Å². The highest BCUT2D eigenvalue weighted by Gasteiger charge is 2.33. The molecular formula is C25H38N2O. The number of benzene rings is 1. The number of carbonyl (C=O) groups excluding carboxylic acids is 1. The lowest BCUT2D eigenvalue weighted by atomic mass is 9.80. The average molecular weight is 383 g/mol. The van der Waals surface area contributed by atoms with Gasteiger partial charge in [-0.15, -0.1) is 0 Å². The number of aryl methyl sites for hydroxylation is 1. The van der Waals surface area contributed by atoms with Gasteiger partial charge in [0.1, 0.15) is 0 Å². The molecule has 0 bridgehead atoms. The van der Waals surface area contributed by atoms with Crippen molar-refractivity contribution < 1.29 is 4.79 Å². The molecule has 0 aromatic heterocycles. The summed E-state index contributed by atoms with van der Waals surface area (Å²) in [5.41, 5.74) is 2.78. The quantitative estimate of drug-likeness (QED) is 0.720. The Hall–Kier alpha value is -1.35. The number of hydrogen-bond acceptors (Lipinski definition) is 2. The molecule has 3 aliphatic rings. The van der Waals surface area contributed by atoms with Crippen molar-refractivity contribution in [1.82, 2.24) is 9.80 Å². The van der Waals surface area contributed by atoms with Crippen LogP contribution in [0.2, 0.25) is 0 Å². The van der Waals surface area contributed by atoms with Gasteiger partial charge in [-0.05, 0) is 75.9 Å². The maximum absolute atomic E-state index is 13.1. The lowest BCUT2D eigenvalue weighted by Gasteiger charge is -2.42. The third-order valence-electron chi connectivity index (χ3n) is 7.56. The van der Waals surface area contributed by atoms with E-state index in [1.165, 1.54) is 69.2 Å². The summed E-state index contributed by atoms with van der Waals surface area (Å²) in [7, 11) is 0. The van der Waals surface area contributed by atoms with E-state index in [1.807, 2.05) is 0 Å². The fraction of sp³-hybridized carbons (Fsp3) is 0.720. The van der Waals surface area contributed by atoms with Gasteiger partial charge in [0.2, 0.25) is 5.91 Å². The molecule has 28 heavy (non-hydrogen) atoms. The van der Waals surface area contributed by atoms with Crippen LogP contribution in [0, 0.1) is 12.8 Å². The van der Waals surface area contributed by atoms with E-state index in [1.54, 1.807) is 0 Å². The highest BCUT2D eigenvalue weighted by Crippen LogP contribution is 2.34. The molecule has 1 aliphatic carbocycles. The molecule has 0 N–H and O–H groups in total. The van der Waals surface area contributed by atoms with Gasteiger partial charge in [0.15, 0.2) is 0 Å². The third kappa shape index (κ3) is 4.79. The monoisotopic (exact) mass is 382 g/mol. The second-order valence-corrected chi connectivity index (χ2v) is 9.48. The van der Waals surface area contributed by atoms with Crippen LogP contribution in [-0.4, -0.2) is 47.9 Å². The number of hydrogen-bond donors (Lipinski definition) is 0. The smallest absolute Gasteiger partial charge is 0.222 e. The maximum atomic E-state index is 13.1. The number of likely N-dealkylation sites (tertiary alicyclic amines) is 2. The summed E-state index contributed by atoms with van der Waals surface area (Å²) >= 11 is 0. The SMILES string of the molecule is Cc1ccc(C2CCN(C(=O)CC3CCCCC3N3CCCCC3)CC2)cc1. The summed E-state index contributed by atoms with van der Waals surface area (Å²) in [6.07, 6.45) is 12.4. The maximum Gasteiger partial charge on any atom is 0.222 e. The Morgan fingerprint density at radius 3 is 2.25 bits per heavy atom. The molecule has 1 saturated carbocycles. The minimum atomic E-state index is 0.427. The molecule has 0 spiro atoms. The fourth-order valence-electron chi connectivity index (χ4n) is 5.81. The van der Waals surface area contributed by atoms with Crippen molar-refractivity contribution in [2.75, 3.05) is 26.2 Å². The molecule has 3 nitrogen and oxygen atoms in total. The molecular weight excluding hydrogens is 344 g/mol. The van der Waals surface area contributed by atoms with Crippen LogP contribution in [0.5, 0.6) is 0 Å². The molecule has 154 valence electrons. The van der Waals surface area contributed by atoms with Crippen LogP contribution in [0.15, 0.2) is 24.3 Å². The average Bonchev–Trinajstić information content (AvgIpc) is 2.75. The van der Waals surface area contributed by atoms with Gasteiger partial charge < -0.3 is 9.80 Å². The number of piperidine rings is 2. The van der Waals surface area contributed by atoms with Gasteiger partial charge in [0.25, 0.3) is 0 Å². The fourth-order valence-corrected chi connectivity index (χ4v) is 5.81. The molecule has 2 saturated heterocycles. The zero-order valence-corrected chi connectivity index (χ0v) is 17.7. The van der Waals surface area contributed by atoms with E-state index < -0.39 is 0 Å². The molecule has 1 amide bonds. The van der Waals surface area contributed by atoms with Gasteiger partial charge in [-0.2, -0.15) is 0 Å². The van der Waals surface area contributed by atoms with Crippen molar-refractivity contribution >= 4 is 5.91 Å². The summed E-state index contributed by atoms with van der Waals surface area (Å²) in [5, 5.41) is 0. The first-order valence-corrected chi connectivity index (χ1v) is 11.8. The van der Waals surface area contributed by atoms with E-state index >= 15 is 0 Å². The normalized spacial score (nSPS) is 27.7. The molecule has 4 rings (SSSR count). The minimum absolute atomic E-state index is 0.427. The summed E-state index contributed by atoms with van der Waals surface area (Å²) in [4.78, 5) is 18.0. The molecule has 3 fully saturated rings. The molecule has 2 heterocycles. The third-order valence-corrected chi connectivity index (χ3v) is 7.56. The van der Waals surface area contributed by atoms with Crippen LogP contribution in [0.3, 0.4) is 0 Å². The highest BCUT2D eigenvalue weighted by molar-refractivity contribution is 5.76. The van der Waals surface area contributed by atoms with Crippen molar-refractivity contribution in [1.29, 1.82) is 0 Å². The molecule has 1 aromatic rings. The predicted octanol–water partition coefficient (Wildman–Crippen LogP) is 5.14. The Balaban J connectivity index is 1.30. The molecule has 2 unspecified atom stereocenters. The van der Waals surface area contributed by atoms with Gasteiger partial charge >= 0.3 is 0 Å². The van der Waals surface area contributed by atoms with Crippen LogP contribution >= 0.6 is 0 Å². The molecule has 2 aliphatic heterocycles. The van der Waals surface area contributed by atoms with Gasteiger partial charge in [-0.25, -0.2) is 0 Å². The van der Waals surface area contributed by atoms with Crippen LogP contribution in [0.4, 0.5) is 0 Å². The summed E-state index contributed by atoms with van der Waals surface area (Å²) in [6.45, 7) is 6.55. The van der Waals surface area contributed by atoms with Crippen molar-refractivity contribution in [3.63, 3.8) is 0 Å². The summed E-state index contributed by atoms with van der Waals surface area (Å²) in [5.74, 6) is 1.64. The van der Waals surface area contributed by atoms with E-state index in [-0.39, 0.29) is 0 Å². The van der Waals surface area contributed by atoms with Crippen molar-refractivity contribution in [2.45, 2.75) is 83.1 Å². The number of amides is 1. The number of rotatable bonds is 4. The predicted molar refractivity (Wildman–Crippen MR) is 116 cm³/mol. The highest BCUT2D eigenvalue weighted by atomic mass is 16.2. The molecule has 3 heteroatoms. The zero-order chi connectivity index (χ0) is 19.3. The zero-order valence-electron chi connectivity index (χ0n) is 17.7. The largest absolute Gasteiger partial charge is 0.343 e. The van der Waals surface area contributed by atoms with Crippen LogP contribution in [0.1, 0.15) is 81.3 Å².